The third-order valence-electron chi connectivity index (χ3n) is 7.33. The molecular weight excluding hydrogens is 484 g/mol. The van der Waals surface area contributed by atoms with Crippen LogP contribution in [0.25, 0.3) is 6.08 Å². The maximum atomic E-state index is 14.9. The molecule has 0 amide bonds. The van der Waals surface area contributed by atoms with Gasteiger partial charge in [0, 0.05) is 18.1 Å². The van der Waals surface area contributed by atoms with E-state index in [4.69, 9.17) is 14.2 Å². The zero-order chi connectivity index (χ0) is 26.4. The normalized spacial score (nSPS) is 24.4. The van der Waals surface area contributed by atoms with Gasteiger partial charge in [-0.25, -0.2) is 13.2 Å². The molecule has 2 atom stereocenters. The Kier molecular flexibility index (Phi) is 9.43. The predicted molar refractivity (Wildman–Crippen MR) is 136 cm³/mol. The number of hydrogen-bond donors (Lipinski definition) is 0. The van der Waals surface area contributed by atoms with Crippen molar-refractivity contribution in [2.45, 2.75) is 69.5 Å². The van der Waals surface area contributed by atoms with Crippen LogP contribution in [-0.4, -0.2) is 32.0 Å². The lowest BCUT2D eigenvalue weighted by atomic mass is 9.82. The molecule has 2 fully saturated rings. The van der Waals surface area contributed by atoms with Crippen molar-refractivity contribution in [2.24, 2.45) is 0 Å². The second-order valence-electron chi connectivity index (χ2n) is 9.69. The van der Waals surface area contributed by atoms with Gasteiger partial charge in [-0.1, -0.05) is 43.0 Å². The molecule has 2 unspecified atom stereocenters. The molecule has 37 heavy (non-hydrogen) atoms. The summed E-state index contributed by atoms with van der Waals surface area (Å²) < 4.78 is 75.3. The Labute approximate surface area is 216 Å². The minimum absolute atomic E-state index is 0.00399. The molecular formula is C30H34F4O3. The van der Waals surface area contributed by atoms with Crippen LogP contribution in [0.15, 0.2) is 43.0 Å². The highest BCUT2D eigenvalue weighted by Crippen LogP contribution is 2.37. The number of rotatable bonds is 9. The Morgan fingerprint density at radius 1 is 0.865 bits per heavy atom. The molecule has 3 nitrogen and oxygen atoms in total. The zero-order valence-electron chi connectivity index (χ0n) is 21.2. The number of hydrogen-bond acceptors (Lipinski definition) is 3. The maximum Gasteiger partial charge on any atom is 0.200 e. The summed E-state index contributed by atoms with van der Waals surface area (Å²) >= 11 is 0. The van der Waals surface area contributed by atoms with E-state index in [1.807, 2.05) is 6.92 Å². The lowest BCUT2D eigenvalue weighted by molar-refractivity contribution is 0.0322. The predicted octanol–water partition coefficient (Wildman–Crippen LogP) is 7.85. The fraction of sp³-hybridized carbons (Fsp3) is 0.467. The zero-order valence-corrected chi connectivity index (χ0v) is 21.2. The van der Waals surface area contributed by atoms with E-state index >= 15 is 0 Å². The summed E-state index contributed by atoms with van der Waals surface area (Å²) in [5.41, 5.74) is 0.833. The molecule has 1 heterocycles. The van der Waals surface area contributed by atoms with Crippen molar-refractivity contribution in [1.29, 1.82) is 0 Å². The SMILES string of the molecule is C=CCOc1ccc(C2CCC(/C=C/c3ccc(C4CCC(OCC)CC4)c(F)c3F)OC2)c(F)c1F. The second-order valence-corrected chi connectivity index (χ2v) is 9.69. The molecule has 0 spiro atoms. The van der Waals surface area contributed by atoms with Crippen molar-refractivity contribution in [3.8, 4) is 5.75 Å². The summed E-state index contributed by atoms with van der Waals surface area (Å²) in [5, 5.41) is 0. The molecule has 0 aromatic heterocycles. The summed E-state index contributed by atoms with van der Waals surface area (Å²) in [7, 11) is 0. The average molecular weight is 519 g/mol. The first-order valence-electron chi connectivity index (χ1n) is 13.0. The van der Waals surface area contributed by atoms with E-state index in [-0.39, 0.29) is 54.1 Å². The topological polar surface area (TPSA) is 27.7 Å². The van der Waals surface area contributed by atoms with Crippen LogP contribution in [-0.2, 0) is 9.47 Å². The van der Waals surface area contributed by atoms with Crippen LogP contribution in [0.2, 0.25) is 0 Å². The molecule has 1 aliphatic carbocycles. The van der Waals surface area contributed by atoms with Crippen molar-refractivity contribution in [1.82, 2.24) is 0 Å². The first-order valence-corrected chi connectivity index (χ1v) is 13.0. The van der Waals surface area contributed by atoms with Gasteiger partial charge in [-0.05, 0) is 68.6 Å². The summed E-state index contributed by atoms with van der Waals surface area (Å²) in [5.74, 6) is -4.07. The molecule has 0 bridgehead atoms. The monoisotopic (exact) mass is 518 g/mol. The molecule has 4 rings (SSSR count). The van der Waals surface area contributed by atoms with Gasteiger partial charge in [0.1, 0.15) is 6.61 Å². The van der Waals surface area contributed by atoms with Gasteiger partial charge in [0.25, 0.3) is 0 Å². The third-order valence-corrected chi connectivity index (χ3v) is 7.33. The van der Waals surface area contributed by atoms with Gasteiger partial charge in [0.2, 0.25) is 5.82 Å². The van der Waals surface area contributed by atoms with Crippen LogP contribution < -0.4 is 4.74 Å². The summed E-state index contributed by atoms with van der Waals surface area (Å²) in [6, 6.07) is 6.22. The summed E-state index contributed by atoms with van der Waals surface area (Å²) in [6.45, 7) is 6.40. The standard InChI is InChI=1S/C30H34F4O3/c1-3-17-36-26-16-15-25(29(33)30(26)34)21-8-13-23(37-18-21)12-7-20-9-14-24(28(32)27(20)31)19-5-10-22(11-6-19)35-4-2/h3,7,9,12,14-16,19,21-23H,1,4-6,8,10-11,13,17-18H2,2H3/b12-7+. The van der Waals surface area contributed by atoms with Crippen molar-refractivity contribution in [3.05, 3.63) is 83.0 Å². The Hall–Kier alpha value is -2.64. The van der Waals surface area contributed by atoms with Crippen molar-refractivity contribution >= 4 is 6.08 Å². The van der Waals surface area contributed by atoms with Crippen molar-refractivity contribution < 1.29 is 31.8 Å². The Morgan fingerprint density at radius 2 is 1.54 bits per heavy atom. The number of halogens is 4. The fourth-order valence-corrected chi connectivity index (χ4v) is 5.30. The van der Waals surface area contributed by atoms with Gasteiger partial charge in [-0.15, -0.1) is 0 Å². The summed E-state index contributed by atoms with van der Waals surface area (Å²) in [4.78, 5) is 0. The highest BCUT2D eigenvalue weighted by Gasteiger charge is 2.28. The van der Waals surface area contributed by atoms with E-state index in [1.165, 1.54) is 24.3 Å². The molecule has 2 aromatic rings. The average Bonchev–Trinajstić information content (AvgIpc) is 2.92. The van der Waals surface area contributed by atoms with Gasteiger partial charge in [-0.3, -0.25) is 0 Å². The first-order chi connectivity index (χ1) is 17.9. The van der Waals surface area contributed by atoms with E-state index in [1.54, 1.807) is 18.2 Å². The van der Waals surface area contributed by atoms with Crippen LogP contribution in [0.4, 0.5) is 17.6 Å². The van der Waals surface area contributed by atoms with Crippen LogP contribution in [0.1, 0.15) is 74.0 Å². The number of ether oxygens (including phenoxy) is 3. The van der Waals surface area contributed by atoms with Gasteiger partial charge < -0.3 is 14.2 Å². The molecule has 7 heteroatoms. The summed E-state index contributed by atoms with van der Waals surface area (Å²) in [6.07, 6.45) is 8.95. The van der Waals surface area contributed by atoms with Crippen molar-refractivity contribution in [2.75, 3.05) is 19.8 Å². The third kappa shape index (κ3) is 6.44. The fourth-order valence-electron chi connectivity index (χ4n) is 5.30. The lowest BCUT2D eigenvalue weighted by Crippen LogP contribution is -2.24. The van der Waals surface area contributed by atoms with E-state index in [2.05, 4.69) is 6.58 Å². The maximum absolute atomic E-state index is 14.9. The Bertz CT molecular complexity index is 1100. The molecule has 0 radical (unpaired) electrons. The van der Waals surface area contributed by atoms with Crippen LogP contribution in [0.3, 0.4) is 0 Å². The Morgan fingerprint density at radius 3 is 2.22 bits per heavy atom. The minimum atomic E-state index is -1.02. The van der Waals surface area contributed by atoms with Gasteiger partial charge in [-0.2, -0.15) is 4.39 Å². The quantitative estimate of drug-likeness (QED) is 0.250. The molecule has 1 saturated heterocycles. The largest absolute Gasteiger partial charge is 0.486 e. The molecule has 1 aliphatic heterocycles. The molecule has 2 aromatic carbocycles. The van der Waals surface area contributed by atoms with E-state index in [0.717, 1.165) is 25.7 Å². The van der Waals surface area contributed by atoms with E-state index in [0.29, 0.717) is 25.0 Å². The highest BCUT2D eigenvalue weighted by molar-refractivity contribution is 5.52. The van der Waals surface area contributed by atoms with Gasteiger partial charge >= 0.3 is 0 Å². The molecule has 200 valence electrons. The molecule has 0 N–H and O–H groups in total. The van der Waals surface area contributed by atoms with Gasteiger partial charge in [0.15, 0.2) is 23.2 Å². The highest BCUT2D eigenvalue weighted by atomic mass is 19.2. The number of benzene rings is 2. The first kappa shape index (κ1) is 27.4. The molecule has 1 saturated carbocycles. The van der Waals surface area contributed by atoms with Crippen LogP contribution in [0.5, 0.6) is 5.75 Å². The van der Waals surface area contributed by atoms with E-state index in [9.17, 15) is 17.6 Å². The lowest BCUT2D eigenvalue weighted by Gasteiger charge is -2.29. The van der Waals surface area contributed by atoms with Crippen LogP contribution >= 0.6 is 0 Å². The second kappa shape index (κ2) is 12.7. The van der Waals surface area contributed by atoms with Crippen molar-refractivity contribution in [3.63, 3.8) is 0 Å². The molecule has 2 aliphatic rings. The smallest absolute Gasteiger partial charge is 0.200 e. The Balaban J connectivity index is 1.35. The minimum Gasteiger partial charge on any atom is -0.486 e. The van der Waals surface area contributed by atoms with Crippen LogP contribution in [0, 0.1) is 23.3 Å². The van der Waals surface area contributed by atoms with E-state index < -0.39 is 23.3 Å². The van der Waals surface area contributed by atoms with Gasteiger partial charge in [0.05, 0.1) is 18.8 Å².